The molecule has 0 aliphatic heterocycles. The van der Waals surface area contributed by atoms with Crippen LogP contribution in [0.25, 0.3) is 11.1 Å². The number of hydrogen-bond acceptors (Lipinski definition) is 2. The van der Waals surface area contributed by atoms with Gasteiger partial charge in [0.05, 0.1) is 7.11 Å². The van der Waals surface area contributed by atoms with Crippen LogP contribution in [-0.2, 0) is 6.54 Å². The number of hydrogen-bond donors (Lipinski definition) is 1. The van der Waals surface area contributed by atoms with E-state index in [4.69, 9.17) is 27.9 Å². The second-order valence-electron chi connectivity index (χ2n) is 4.86. The fraction of sp³-hybridized carbons (Fsp3) is 0.294. The molecule has 0 aliphatic rings. The summed E-state index contributed by atoms with van der Waals surface area (Å²) in [7, 11) is 1.69. The van der Waals surface area contributed by atoms with Gasteiger partial charge in [0, 0.05) is 22.2 Å². The highest BCUT2D eigenvalue weighted by atomic mass is 35.5. The number of ether oxygens (including phenoxy) is 1. The van der Waals surface area contributed by atoms with Crippen LogP contribution in [0.15, 0.2) is 36.4 Å². The molecule has 0 radical (unpaired) electrons. The van der Waals surface area contributed by atoms with Gasteiger partial charge < -0.3 is 10.1 Å². The molecule has 4 heteroatoms. The molecule has 112 valence electrons. The van der Waals surface area contributed by atoms with Gasteiger partial charge in [-0.05, 0) is 54.4 Å². The molecule has 2 nitrogen and oxygen atoms in total. The third-order valence-corrected chi connectivity index (χ3v) is 3.65. The van der Waals surface area contributed by atoms with Crippen LogP contribution in [0, 0.1) is 0 Å². The average Bonchev–Trinajstić information content (AvgIpc) is 2.46. The van der Waals surface area contributed by atoms with E-state index in [2.05, 4.69) is 18.3 Å². The largest absolute Gasteiger partial charge is 0.496 e. The minimum absolute atomic E-state index is 0.638. The minimum atomic E-state index is 0.638. The lowest BCUT2D eigenvalue weighted by Crippen LogP contribution is -2.14. The van der Waals surface area contributed by atoms with Crippen molar-refractivity contribution in [3.63, 3.8) is 0 Å². The molecule has 0 aliphatic carbocycles. The molecule has 2 rings (SSSR count). The first-order valence-corrected chi connectivity index (χ1v) is 7.73. The third kappa shape index (κ3) is 4.37. The molecule has 0 atom stereocenters. The molecule has 0 spiro atoms. The van der Waals surface area contributed by atoms with Crippen LogP contribution < -0.4 is 10.1 Å². The van der Waals surface area contributed by atoms with Gasteiger partial charge in [-0.3, -0.25) is 0 Å². The molecule has 0 fully saturated rings. The van der Waals surface area contributed by atoms with Crippen molar-refractivity contribution in [2.24, 2.45) is 0 Å². The number of rotatable bonds is 6. The van der Waals surface area contributed by atoms with E-state index in [1.165, 1.54) is 0 Å². The second-order valence-corrected chi connectivity index (χ2v) is 5.73. The first kappa shape index (κ1) is 16.2. The Morgan fingerprint density at radius 2 is 1.71 bits per heavy atom. The molecule has 0 amide bonds. The van der Waals surface area contributed by atoms with Crippen LogP contribution in [-0.4, -0.2) is 13.7 Å². The number of nitrogens with one attached hydrogen (secondary N) is 1. The normalized spacial score (nSPS) is 10.7. The maximum atomic E-state index is 6.08. The van der Waals surface area contributed by atoms with Gasteiger partial charge in [0.2, 0.25) is 0 Å². The maximum Gasteiger partial charge on any atom is 0.123 e. The van der Waals surface area contributed by atoms with Crippen molar-refractivity contribution >= 4 is 23.2 Å². The van der Waals surface area contributed by atoms with E-state index in [9.17, 15) is 0 Å². The Hall–Kier alpha value is -1.22. The number of benzene rings is 2. The van der Waals surface area contributed by atoms with Crippen LogP contribution in [0.3, 0.4) is 0 Å². The smallest absolute Gasteiger partial charge is 0.123 e. The SMILES string of the molecule is CCCNCc1cc(-c2cc(Cl)cc(Cl)c2)ccc1OC. The Labute approximate surface area is 136 Å². The molecule has 0 saturated carbocycles. The zero-order valence-corrected chi connectivity index (χ0v) is 13.8. The summed E-state index contributed by atoms with van der Waals surface area (Å²) in [6.07, 6.45) is 1.10. The summed E-state index contributed by atoms with van der Waals surface area (Å²) in [5.41, 5.74) is 3.21. The summed E-state index contributed by atoms with van der Waals surface area (Å²) in [6.45, 7) is 3.91. The lowest BCUT2D eigenvalue weighted by molar-refractivity contribution is 0.408. The highest BCUT2D eigenvalue weighted by molar-refractivity contribution is 6.35. The summed E-state index contributed by atoms with van der Waals surface area (Å²) >= 11 is 12.2. The summed E-state index contributed by atoms with van der Waals surface area (Å²) in [5, 5.41) is 4.67. The van der Waals surface area contributed by atoms with Crippen molar-refractivity contribution in [1.29, 1.82) is 0 Å². The Morgan fingerprint density at radius 1 is 1.00 bits per heavy atom. The molecule has 0 aromatic heterocycles. The molecule has 2 aromatic rings. The molecule has 0 heterocycles. The fourth-order valence-corrected chi connectivity index (χ4v) is 2.74. The molecule has 2 aromatic carbocycles. The Morgan fingerprint density at radius 3 is 2.33 bits per heavy atom. The summed E-state index contributed by atoms with van der Waals surface area (Å²) in [5.74, 6) is 0.885. The van der Waals surface area contributed by atoms with Crippen molar-refractivity contribution in [2.75, 3.05) is 13.7 Å². The van der Waals surface area contributed by atoms with E-state index in [0.717, 1.165) is 42.0 Å². The lowest BCUT2D eigenvalue weighted by Gasteiger charge is -2.12. The van der Waals surface area contributed by atoms with Gasteiger partial charge in [-0.2, -0.15) is 0 Å². The van der Waals surface area contributed by atoms with Gasteiger partial charge in [0.25, 0.3) is 0 Å². The quantitative estimate of drug-likeness (QED) is 0.740. The van der Waals surface area contributed by atoms with Crippen molar-refractivity contribution in [2.45, 2.75) is 19.9 Å². The van der Waals surface area contributed by atoms with E-state index in [1.807, 2.05) is 24.3 Å². The predicted molar refractivity (Wildman–Crippen MR) is 90.4 cm³/mol. The van der Waals surface area contributed by atoms with Gasteiger partial charge >= 0.3 is 0 Å². The van der Waals surface area contributed by atoms with Crippen LogP contribution >= 0.6 is 23.2 Å². The highest BCUT2D eigenvalue weighted by Gasteiger charge is 2.07. The van der Waals surface area contributed by atoms with Gasteiger partial charge in [-0.15, -0.1) is 0 Å². The van der Waals surface area contributed by atoms with Gasteiger partial charge in [-0.25, -0.2) is 0 Å². The van der Waals surface area contributed by atoms with Gasteiger partial charge in [0.1, 0.15) is 5.75 Å². The molecular weight excluding hydrogens is 305 g/mol. The predicted octanol–water partition coefficient (Wildman–Crippen LogP) is 5.17. The van der Waals surface area contributed by atoms with E-state index in [0.29, 0.717) is 10.0 Å². The highest BCUT2D eigenvalue weighted by Crippen LogP contribution is 2.30. The van der Waals surface area contributed by atoms with Crippen LogP contribution in [0.1, 0.15) is 18.9 Å². The van der Waals surface area contributed by atoms with Gasteiger partial charge in [0.15, 0.2) is 0 Å². The Kier molecular flexibility index (Phi) is 5.92. The standard InChI is InChI=1S/C17H19Cl2NO/c1-3-6-20-11-14-7-12(4-5-17(14)21-2)13-8-15(18)10-16(19)9-13/h4-5,7-10,20H,3,6,11H2,1-2H3. The molecule has 1 N–H and O–H groups in total. The molecule has 0 bridgehead atoms. The van der Waals surface area contributed by atoms with E-state index < -0.39 is 0 Å². The third-order valence-electron chi connectivity index (χ3n) is 3.22. The van der Waals surface area contributed by atoms with Crippen molar-refractivity contribution < 1.29 is 4.74 Å². The maximum absolute atomic E-state index is 6.08. The lowest BCUT2D eigenvalue weighted by atomic mass is 10.0. The molecular formula is C17H19Cl2NO. The zero-order valence-electron chi connectivity index (χ0n) is 12.2. The van der Waals surface area contributed by atoms with E-state index in [1.54, 1.807) is 13.2 Å². The summed E-state index contributed by atoms with van der Waals surface area (Å²) in [6, 6.07) is 11.7. The van der Waals surface area contributed by atoms with E-state index in [-0.39, 0.29) is 0 Å². The van der Waals surface area contributed by atoms with Crippen molar-refractivity contribution in [3.05, 3.63) is 52.0 Å². The Bertz CT molecular complexity index is 593. The number of halogens is 2. The van der Waals surface area contributed by atoms with Crippen LogP contribution in [0.2, 0.25) is 10.0 Å². The van der Waals surface area contributed by atoms with Crippen molar-refractivity contribution in [1.82, 2.24) is 5.32 Å². The number of methoxy groups -OCH3 is 1. The minimum Gasteiger partial charge on any atom is -0.496 e. The molecule has 0 unspecified atom stereocenters. The monoisotopic (exact) mass is 323 g/mol. The summed E-state index contributed by atoms with van der Waals surface area (Å²) < 4.78 is 5.42. The van der Waals surface area contributed by atoms with Crippen LogP contribution in [0.4, 0.5) is 0 Å². The average molecular weight is 324 g/mol. The molecule has 0 saturated heterocycles. The molecule has 21 heavy (non-hydrogen) atoms. The first-order chi connectivity index (χ1) is 10.1. The zero-order chi connectivity index (χ0) is 15.2. The second kappa shape index (κ2) is 7.69. The summed E-state index contributed by atoms with van der Waals surface area (Å²) in [4.78, 5) is 0. The Balaban J connectivity index is 2.33. The van der Waals surface area contributed by atoms with Crippen molar-refractivity contribution in [3.8, 4) is 16.9 Å². The van der Waals surface area contributed by atoms with Gasteiger partial charge in [-0.1, -0.05) is 36.2 Å². The topological polar surface area (TPSA) is 21.3 Å². The van der Waals surface area contributed by atoms with E-state index >= 15 is 0 Å². The van der Waals surface area contributed by atoms with Crippen LogP contribution in [0.5, 0.6) is 5.75 Å². The first-order valence-electron chi connectivity index (χ1n) is 6.98. The fourth-order valence-electron chi connectivity index (χ4n) is 2.22.